The lowest BCUT2D eigenvalue weighted by molar-refractivity contribution is 0.0945. The van der Waals surface area contributed by atoms with Crippen LogP contribution in [0.25, 0.3) is 11.4 Å². The smallest absolute Gasteiger partial charge is 0.404 e. The molecule has 2 amide bonds. The van der Waals surface area contributed by atoms with E-state index in [2.05, 4.69) is 31.0 Å². The standard InChI is InChI=1S/C24H28FN7O3/c1-14-9-17(5-8-20(14)25)12-26-23(33)21-11-18(10-15(2)27-21)22-29-31-32(30-22)13-16-3-6-19(7-4-16)28-24(34)35/h5,8-11,16,19,28H,3-4,6-7,12-13H2,1-2H3,(H,26,33)(H,34,35)/t16-,19-. The first kappa shape index (κ1) is 24.2. The number of hydrogen-bond donors (Lipinski definition) is 3. The molecule has 11 heteroatoms. The quantitative estimate of drug-likeness (QED) is 0.471. The molecule has 0 aliphatic heterocycles. The van der Waals surface area contributed by atoms with E-state index in [-0.39, 0.29) is 30.0 Å². The number of nitrogens with one attached hydrogen (secondary N) is 2. The van der Waals surface area contributed by atoms with E-state index in [1.54, 1.807) is 42.9 Å². The summed E-state index contributed by atoms with van der Waals surface area (Å²) in [6.07, 6.45) is 2.36. The zero-order valence-corrected chi connectivity index (χ0v) is 19.7. The van der Waals surface area contributed by atoms with Gasteiger partial charge in [-0.3, -0.25) is 4.79 Å². The van der Waals surface area contributed by atoms with E-state index >= 15 is 0 Å². The number of benzene rings is 1. The number of halogens is 1. The zero-order valence-electron chi connectivity index (χ0n) is 19.7. The van der Waals surface area contributed by atoms with Crippen molar-refractivity contribution in [2.75, 3.05) is 0 Å². The van der Waals surface area contributed by atoms with Gasteiger partial charge in [0.25, 0.3) is 5.91 Å². The van der Waals surface area contributed by atoms with E-state index in [1.807, 2.05) is 0 Å². The van der Waals surface area contributed by atoms with E-state index in [9.17, 15) is 14.0 Å². The number of pyridine rings is 1. The number of aromatic nitrogens is 5. The number of amides is 2. The van der Waals surface area contributed by atoms with Gasteiger partial charge in [0.05, 0.1) is 6.54 Å². The molecule has 2 aromatic heterocycles. The minimum absolute atomic E-state index is 0.000501. The number of carboxylic acid groups (broad SMARTS) is 1. The lowest BCUT2D eigenvalue weighted by atomic mass is 9.86. The molecule has 1 aliphatic carbocycles. The van der Waals surface area contributed by atoms with Crippen LogP contribution in [-0.4, -0.2) is 48.3 Å². The Labute approximate surface area is 202 Å². The minimum atomic E-state index is -0.984. The predicted octanol–water partition coefficient (Wildman–Crippen LogP) is 3.25. The Balaban J connectivity index is 1.38. The van der Waals surface area contributed by atoms with E-state index in [0.717, 1.165) is 31.2 Å². The van der Waals surface area contributed by atoms with Crippen LogP contribution in [0.3, 0.4) is 0 Å². The maximum atomic E-state index is 13.5. The lowest BCUT2D eigenvalue weighted by Crippen LogP contribution is -2.37. The Morgan fingerprint density at radius 2 is 1.91 bits per heavy atom. The zero-order chi connectivity index (χ0) is 24.9. The van der Waals surface area contributed by atoms with Gasteiger partial charge in [-0.05, 0) is 80.0 Å². The van der Waals surface area contributed by atoms with E-state index in [1.165, 1.54) is 6.07 Å². The molecule has 1 saturated carbocycles. The van der Waals surface area contributed by atoms with Crippen molar-refractivity contribution in [1.29, 1.82) is 0 Å². The third kappa shape index (κ3) is 6.37. The second kappa shape index (κ2) is 10.6. The molecule has 1 aromatic carbocycles. The number of tetrazole rings is 1. The van der Waals surface area contributed by atoms with E-state index in [0.29, 0.717) is 35.1 Å². The monoisotopic (exact) mass is 481 g/mol. The largest absolute Gasteiger partial charge is 0.465 e. The molecule has 0 bridgehead atoms. The maximum Gasteiger partial charge on any atom is 0.404 e. The molecule has 35 heavy (non-hydrogen) atoms. The number of aryl methyl sites for hydroxylation is 2. The molecule has 0 unspecified atom stereocenters. The second-order valence-electron chi connectivity index (χ2n) is 8.98. The van der Waals surface area contributed by atoms with Crippen molar-refractivity contribution < 1.29 is 19.1 Å². The summed E-state index contributed by atoms with van der Waals surface area (Å²) in [5.74, 6) is 0.115. The first-order valence-electron chi connectivity index (χ1n) is 11.6. The summed E-state index contributed by atoms with van der Waals surface area (Å²) in [5, 5.41) is 27.0. The Bertz CT molecular complexity index is 1220. The van der Waals surface area contributed by atoms with Gasteiger partial charge in [0.1, 0.15) is 11.5 Å². The summed E-state index contributed by atoms with van der Waals surface area (Å²) in [7, 11) is 0. The van der Waals surface area contributed by atoms with Gasteiger partial charge < -0.3 is 15.7 Å². The fourth-order valence-electron chi connectivity index (χ4n) is 4.33. The van der Waals surface area contributed by atoms with Gasteiger partial charge in [-0.15, -0.1) is 10.2 Å². The van der Waals surface area contributed by atoms with Gasteiger partial charge in [0, 0.05) is 23.8 Å². The van der Waals surface area contributed by atoms with Crippen molar-refractivity contribution >= 4 is 12.0 Å². The molecule has 0 saturated heterocycles. The van der Waals surface area contributed by atoms with Crippen LogP contribution in [0.15, 0.2) is 30.3 Å². The third-order valence-electron chi connectivity index (χ3n) is 6.17. The molecule has 10 nitrogen and oxygen atoms in total. The molecular weight excluding hydrogens is 453 g/mol. The minimum Gasteiger partial charge on any atom is -0.465 e. The molecule has 184 valence electrons. The van der Waals surface area contributed by atoms with Crippen LogP contribution in [0.5, 0.6) is 0 Å². The molecular formula is C24H28FN7O3. The van der Waals surface area contributed by atoms with Crippen LogP contribution in [0.2, 0.25) is 0 Å². The van der Waals surface area contributed by atoms with Gasteiger partial charge in [0.15, 0.2) is 0 Å². The van der Waals surface area contributed by atoms with Crippen molar-refractivity contribution in [1.82, 2.24) is 35.8 Å². The highest BCUT2D eigenvalue weighted by Crippen LogP contribution is 2.25. The van der Waals surface area contributed by atoms with Gasteiger partial charge in [-0.25, -0.2) is 14.2 Å². The van der Waals surface area contributed by atoms with Crippen molar-refractivity contribution in [3.8, 4) is 11.4 Å². The van der Waals surface area contributed by atoms with Gasteiger partial charge >= 0.3 is 6.09 Å². The average Bonchev–Trinajstić information content (AvgIpc) is 3.29. The maximum absolute atomic E-state index is 13.5. The summed E-state index contributed by atoms with van der Waals surface area (Å²) in [6, 6.07) is 8.14. The average molecular weight is 482 g/mol. The highest BCUT2D eigenvalue weighted by molar-refractivity contribution is 5.93. The summed E-state index contributed by atoms with van der Waals surface area (Å²) in [6.45, 7) is 4.32. The second-order valence-corrected chi connectivity index (χ2v) is 8.98. The first-order chi connectivity index (χ1) is 16.8. The van der Waals surface area contributed by atoms with Gasteiger partial charge in [0.2, 0.25) is 5.82 Å². The number of carbonyl (C=O) groups excluding carboxylic acids is 1. The fourth-order valence-corrected chi connectivity index (χ4v) is 4.33. The molecule has 1 aliphatic rings. The Morgan fingerprint density at radius 3 is 2.63 bits per heavy atom. The Morgan fingerprint density at radius 1 is 1.14 bits per heavy atom. The van der Waals surface area contributed by atoms with Crippen LogP contribution in [0.4, 0.5) is 9.18 Å². The Kier molecular flexibility index (Phi) is 7.33. The van der Waals surface area contributed by atoms with E-state index in [4.69, 9.17) is 5.11 Å². The van der Waals surface area contributed by atoms with Crippen LogP contribution >= 0.6 is 0 Å². The first-order valence-corrected chi connectivity index (χ1v) is 11.6. The molecule has 2 heterocycles. The molecule has 1 fully saturated rings. The molecule has 0 atom stereocenters. The number of nitrogens with zero attached hydrogens (tertiary/aromatic N) is 5. The van der Waals surface area contributed by atoms with Crippen LogP contribution in [0.1, 0.15) is 53.0 Å². The molecule has 0 radical (unpaired) electrons. The summed E-state index contributed by atoms with van der Waals surface area (Å²) < 4.78 is 13.5. The third-order valence-corrected chi connectivity index (χ3v) is 6.17. The number of hydrogen-bond acceptors (Lipinski definition) is 6. The van der Waals surface area contributed by atoms with Crippen LogP contribution in [-0.2, 0) is 13.1 Å². The van der Waals surface area contributed by atoms with Crippen LogP contribution < -0.4 is 10.6 Å². The number of carbonyl (C=O) groups is 2. The van der Waals surface area contributed by atoms with Gasteiger partial charge in [-0.2, -0.15) is 4.80 Å². The highest BCUT2D eigenvalue weighted by Gasteiger charge is 2.23. The molecule has 0 spiro atoms. The van der Waals surface area contributed by atoms with Crippen molar-refractivity contribution in [3.05, 3.63) is 58.7 Å². The highest BCUT2D eigenvalue weighted by atomic mass is 19.1. The Hall–Kier alpha value is -3.89. The normalized spacial score (nSPS) is 17.7. The molecule has 3 N–H and O–H groups in total. The summed E-state index contributed by atoms with van der Waals surface area (Å²) in [5.41, 5.74) is 2.83. The van der Waals surface area contributed by atoms with E-state index < -0.39 is 6.09 Å². The SMILES string of the molecule is Cc1cc(-c2nnn(C[C@H]3CC[C@H](NC(=O)O)CC3)n2)cc(C(=O)NCc2ccc(F)c(C)c2)n1. The topological polar surface area (TPSA) is 135 Å². The van der Waals surface area contributed by atoms with Crippen molar-refractivity contribution in [3.63, 3.8) is 0 Å². The predicted molar refractivity (Wildman–Crippen MR) is 125 cm³/mol. The van der Waals surface area contributed by atoms with Crippen molar-refractivity contribution in [2.24, 2.45) is 5.92 Å². The van der Waals surface area contributed by atoms with Crippen LogP contribution in [0, 0.1) is 25.6 Å². The van der Waals surface area contributed by atoms with Crippen molar-refractivity contribution in [2.45, 2.75) is 58.7 Å². The molecule has 4 rings (SSSR count). The summed E-state index contributed by atoms with van der Waals surface area (Å²) in [4.78, 5) is 29.4. The number of rotatable bonds is 7. The van der Waals surface area contributed by atoms with Gasteiger partial charge in [-0.1, -0.05) is 12.1 Å². The fraction of sp³-hybridized carbons (Fsp3) is 0.417. The molecule has 3 aromatic rings. The summed E-state index contributed by atoms with van der Waals surface area (Å²) >= 11 is 0. The lowest BCUT2D eigenvalue weighted by Gasteiger charge is -2.27.